The minimum absolute atomic E-state index is 0.000830. The summed E-state index contributed by atoms with van der Waals surface area (Å²) >= 11 is 0. The summed E-state index contributed by atoms with van der Waals surface area (Å²) in [6.45, 7) is 2.36. The summed E-state index contributed by atoms with van der Waals surface area (Å²) in [7, 11) is 0. The molecule has 0 spiro atoms. The lowest BCUT2D eigenvalue weighted by atomic mass is 10.1. The number of rotatable bonds is 5. The zero-order valence-corrected chi connectivity index (χ0v) is 16.3. The predicted octanol–water partition coefficient (Wildman–Crippen LogP) is 4.59. The standard InChI is InChI=1S/C24H19FN4O/c1-16(27-24(30)19-6-2-3-7-20(19)25)23-28-21-8-4-5-9-22(21)29(23)15-18-12-10-17(14-26)11-13-18/h2-13,16H,15H2,1H3,(H,27,30)/t16-/m0/s1. The van der Waals surface area contributed by atoms with Crippen molar-refractivity contribution in [1.82, 2.24) is 14.9 Å². The molecule has 1 atom stereocenters. The molecule has 3 aromatic carbocycles. The molecule has 5 nitrogen and oxygen atoms in total. The number of fused-ring (bicyclic) bond motifs is 1. The number of imidazole rings is 1. The number of hydrogen-bond acceptors (Lipinski definition) is 3. The Balaban J connectivity index is 1.67. The Hall–Kier alpha value is -3.98. The van der Waals surface area contributed by atoms with Crippen molar-refractivity contribution in [3.05, 3.63) is 101 Å². The van der Waals surface area contributed by atoms with E-state index in [0.717, 1.165) is 16.6 Å². The van der Waals surface area contributed by atoms with Crippen molar-refractivity contribution >= 4 is 16.9 Å². The van der Waals surface area contributed by atoms with Crippen molar-refractivity contribution < 1.29 is 9.18 Å². The maximum Gasteiger partial charge on any atom is 0.254 e. The highest BCUT2D eigenvalue weighted by Gasteiger charge is 2.20. The molecule has 4 rings (SSSR count). The molecule has 1 heterocycles. The van der Waals surface area contributed by atoms with E-state index in [9.17, 15) is 9.18 Å². The van der Waals surface area contributed by atoms with Crippen LogP contribution in [-0.4, -0.2) is 15.5 Å². The first-order valence-electron chi connectivity index (χ1n) is 9.56. The maximum atomic E-state index is 14.0. The van der Waals surface area contributed by atoms with E-state index >= 15 is 0 Å². The summed E-state index contributed by atoms with van der Waals surface area (Å²) in [6, 6.07) is 22.7. The molecule has 4 aromatic rings. The van der Waals surface area contributed by atoms with Crippen molar-refractivity contribution in [2.45, 2.75) is 19.5 Å². The number of halogens is 1. The van der Waals surface area contributed by atoms with Crippen LogP contribution in [-0.2, 0) is 6.54 Å². The Morgan fingerprint density at radius 1 is 1.10 bits per heavy atom. The Bertz CT molecular complexity index is 1250. The van der Waals surface area contributed by atoms with Crippen LogP contribution in [0.15, 0.2) is 72.8 Å². The first kappa shape index (κ1) is 19.3. The molecule has 0 aliphatic heterocycles. The zero-order chi connectivity index (χ0) is 21.1. The first-order valence-corrected chi connectivity index (χ1v) is 9.56. The van der Waals surface area contributed by atoms with Gasteiger partial charge in [-0.1, -0.05) is 36.4 Å². The quantitative estimate of drug-likeness (QED) is 0.535. The largest absolute Gasteiger partial charge is 0.342 e. The van der Waals surface area contributed by atoms with Gasteiger partial charge in [0.15, 0.2) is 0 Å². The van der Waals surface area contributed by atoms with Crippen molar-refractivity contribution in [2.24, 2.45) is 0 Å². The molecule has 6 heteroatoms. The molecule has 148 valence electrons. The van der Waals surface area contributed by atoms with Crippen LogP contribution in [0.5, 0.6) is 0 Å². The third-order valence-electron chi connectivity index (χ3n) is 4.96. The van der Waals surface area contributed by atoms with Gasteiger partial charge in [-0.05, 0) is 48.9 Å². The lowest BCUT2D eigenvalue weighted by molar-refractivity contribution is 0.0933. The number of nitrogens with zero attached hydrogens (tertiary/aromatic N) is 3. The molecule has 0 aliphatic rings. The number of nitrogens with one attached hydrogen (secondary N) is 1. The number of carbonyl (C=O) groups excluding carboxylic acids is 1. The summed E-state index contributed by atoms with van der Waals surface area (Å²) in [5.41, 5.74) is 3.35. The van der Waals surface area contributed by atoms with E-state index < -0.39 is 17.8 Å². The minimum Gasteiger partial charge on any atom is -0.342 e. The van der Waals surface area contributed by atoms with E-state index in [1.54, 1.807) is 24.3 Å². The highest BCUT2D eigenvalue weighted by Crippen LogP contribution is 2.23. The van der Waals surface area contributed by atoms with E-state index in [1.165, 1.54) is 12.1 Å². The molecule has 1 aromatic heterocycles. The summed E-state index contributed by atoms with van der Waals surface area (Å²) in [6.07, 6.45) is 0. The molecule has 0 unspecified atom stereocenters. The summed E-state index contributed by atoms with van der Waals surface area (Å²) in [5, 5.41) is 11.9. The van der Waals surface area contributed by atoms with Crippen molar-refractivity contribution in [1.29, 1.82) is 5.26 Å². The van der Waals surface area contributed by atoms with Crippen LogP contribution in [0.25, 0.3) is 11.0 Å². The van der Waals surface area contributed by atoms with Crippen molar-refractivity contribution in [3.8, 4) is 6.07 Å². The van der Waals surface area contributed by atoms with Crippen LogP contribution < -0.4 is 5.32 Å². The first-order chi connectivity index (χ1) is 14.6. The summed E-state index contributed by atoms with van der Waals surface area (Å²) in [4.78, 5) is 17.3. The van der Waals surface area contributed by atoms with Gasteiger partial charge in [0.25, 0.3) is 5.91 Å². The highest BCUT2D eigenvalue weighted by atomic mass is 19.1. The third-order valence-corrected chi connectivity index (χ3v) is 4.96. The summed E-state index contributed by atoms with van der Waals surface area (Å²) < 4.78 is 16.0. The van der Waals surface area contributed by atoms with Crippen LogP contribution >= 0.6 is 0 Å². The van der Waals surface area contributed by atoms with Gasteiger partial charge in [0.2, 0.25) is 0 Å². The normalized spacial score (nSPS) is 11.8. The van der Waals surface area contributed by atoms with Crippen LogP contribution in [0.1, 0.15) is 40.3 Å². The van der Waals surface area contributed by atoms with Gasteiger partial charge >= 0.3 is 0 Å². The Morgan fingerprint density at radius 3 is 2.53 bits per heavy atom. The number of hydrogen-bond donors (Lipinski definition) is 1. The molecule has 1 amide bonds. The second kappa shape index (κ2) is 8.18. The molecule has 0 saturated heterocycles. The fraction of sp³-hybridized carbons (Fsp3) is 0.125. The smallest absolute Gasteiger partial charge is 0.254 e. The van der Waals surface area contributed by atoms with Crippen LogP contribution in [0.2, 0.25) is 0 Å². The van der Waals surface area contributed by atoms with Crippen LogP contribution in [0.4, 0.5) is 4.39 Å². The van der Waals surface area contributed by atoms with Gasteiger partial charge in [0, 0.05) is 6.54 Å². The molecular weight excluding hydrogens is 379 g/mol. The molecule has 0 radical (unpaired) electrons. The number of benzene rings is 3. The minimum atomic E-state index is -0.562. The molecule has 30 heavy (non-hydrogen) atoms. The molecule has 0 bridgehead atoms. The lowest BCUT2D eigenvalue weighted by Crippen LogP contribution is -2.29. The third kappa shape index (κ3) is 3.78. The molecule has 0 aliphatic carbocycles. The number of amides is 1. The molecule has 1 N–H and O–H groups in total. The number of aromatic nitrogens is 2. The highest BCUT2D eigenvalue weighted by molar-refractivity contribution is 5.94. The maximum absolute atomic E-state index is 14.0. The van der Waals surface area contributed by atoms with Crippen LogP contribution in [0, 0.1) is 17.1 Å². The van der Waals surface area contributed by atoms with Gasteiger partial charge in [-0.25, -0.2) is 9.37 Å². The number of carbonyl (C=O) groups is 1. The van der Waals surface area contributed by atoms with Crippen molar-refractivity contribution in [3.63, 3.8) is 0 Å². The van der Waals surface area contributed by atoms with E-state index in [1.807, 2.05) is 47.9 Å². The average molecular weight is 398 g/mol. The Morgan fingerprint density at radius 2 is 1.80 bits per heavy atom. The van der Waals surface area contributed by atoms with Gasteiger partial charge < -0.3 is 9.88 Å². The molecular formula is C24H19FN4O. The van der Waals surface area contributed by atoms with Gasteiger partial charge in [0.05, 0.1) is 34.3 Å². The van der Waals surface area contributed by atoms with Gasteiger partial charge in [-0.3, -0.25) is 4.79 Å². The zero-order valence-electron chi connectivity index (χ0n) is 16.3. The number of para-hydroxylation sites is 2. The van der Waals surface area contributed by atoms with Crippen LogP contribution in [0.3, 0.4) is 0 Å². The van der Waals surface area contributed by atoms with E-state index in [-0.39, 0.29) is 5.56 Å². The van der Waals surface area contributed by atoms with E-state index in [0.29, 0.717) is 17.9 Å². The fourth-order valence-electron chi connectivity index (χ4n) is 3.44. The Kier molecular flexibility index (Phi) is 5.27. The number of nitriles is 1. The Labute approximate surface area is 173 Å². The average Bonchev–Trinajstić information content (AvgIpc) is 3.13. The van der Waals surface area contributed by atoms with Gasteiger partial charge in [-0.15, -0.1) is 0 Å². The second-order valence-electron chi connectivity index (χ2n) is 7.03. The second-order valence-corrected chi connectivity index (χ2v) is 7.03. The van der Waals surface area contributed by atoms with Gasteiger partial charge in [0.1, 0.15) is 11.6 Å². The predicted molar refractivity (Wildman–Crippen MR) is 112 cm³/mol. The fourth-order valence-corrected chi connectivity index (χ4v) is 3.44. The van der Waals surface area contributed by atoms with Crippen molar-refractivity contribution in [2.75, 3.05) is 0 Å². The lowest BCUT2D eigenvalue weighted by Gasteiger charge is -2.17. The monoisotopic (exact) mass is 398 g/mol. The topological polar surface area (TPSA) is 70.7 Å². The SMILES string of the molecule is C[C@H](NC(=O)c1ccccc1F)c1nc2ccccc2n1Cc1ccc(C#N)cc1. The molecule has 0 saturated carbocycles. The van der Waals surface area contributed by atoms with E-state index in [4.69, 9.17) is 10.2 Å². The van der Waals surface area contributed by atoms with Gasteiger partial charge in [-0.2, -0.15) is 5.26 Å². The molecule has 0 fully saturated rings. The van der Waals surface area contributed by atoms with E-state index in [2.05, 4.69) is 11.4 Å². The summed E-state index contributed by atoms with van der Waals surface area (Å²) in [5.74, 6) is -0.379.